The maximum Gasteiger partial charge on any atom is 0.307 e. The molecule has 3 atom stereocenters. The quantitative estimate of drug-likeness (QED) is 0.880. The van der Waals surface area contributed by atoms with Crippen LogP contribution in [0.25, 0.3) is 0 Å². The van der Waals surface area contributed by atoms with Gasteiger partial charge in [-0.05, 0) is 31.2 Å². The van der Waals surface area contributed by atoms with Crippen LogP contribution in [0.15, 0.2) is 17.5 Å². The Morgan fingerprint density at radius 2 is 2.17 bits per heavy atom. The maximum absolute atomic E-state index is 12.1. The van der Waals surface area contributed by atoms with Gasteiger partial charge in [-0.2, -0.15) is 0 Å². The molecule has 18 heavy (non-hydrogen) atoms. The number of hydrogen-bond acceptors (Lipinski definition) is 3. The topological polar surface area (TPSA) is 66.4 Å². The fourth-order valence-electron chi connectivity index (χ4n) is 2.50. The van der Waals surface area contributed by atoms with E-state index in [-0.39, 0.29) is 17.9 Å². The first kappa shape index (κ1) is 13.1. The van der Waals surface area contributed by atoms with E-state index in [2.05, 4.69) is 5.32 Å². The molecule has 0 aliphatic heterocycles. The Hall–Kier alpha value is -1.36. The SMILES string of the molecule is C[C@@H](NC(=O)[C@@H]1CCC[C@@H]1C(=O)O)c1cccs1. The zero-order valence-electron chi connectivity index (χ0n) is 10.3. The fourth-order valence-corrected chi connectivity index (χ4v) is 3.23. The van der Waals surface area contributed by atoms with E-state index in [0.717, 1.165) is 11.3 Å². The highest BCUT2D eigenvalue weighted by Gasteiger charge is 2.38. The minimum atomic E-state index is -0.851. The molecule has 1 heterocycles. The van der Waals surface area contributed by atoms with Gasteiger partial charge in [0.2, 0.25) is 5.91 Å². The lowest BCUT2D eigenvalue weighted by atomic mass is 9.95. The third-order valence-corrected chi connectivity index (χ3v) is 4.55. The van der Waals surface area contributed by atoms with Gasteiger partial charge in [-0.25, -0.2) is 0 Å². The Morgan fingerprint density at radius 3 is 2.78 bits per heavy atom. The van der Waals surface area contributed by atoms with Crippen molar-refractivity contribution >= 4 is 23.2 Å². The lowest BCUT2D eigenvalue weighted by Crippen LogP contribution is -2.36. The van der Waals surface area contributed by atoms with Crippen LogP contribution in [0.1, 0.15) is 37.1 Å². The van der Waals surface area contributed by atoms with E-state index in [0.29, 0.717) is 12.8 Å². The van der Waals surface area contributed by atoms with Gasteiger partial charge < -0.3 is 10.4 Å². The molecule has 2 N–H and O–H groups in total. The molecular formula is C13H17NO3S. The number of rotatable bonds is 4. The molecule has 1 fully saturated rings. The number of thiophene rings is 1. The second-order valence-electron chi connectivity index (χ2n) is 4.73. The van der Waals surface area contributed by atoms with E-state index in [1.54, 1.807) is 11.3 Å². The number of aliphatic carboxylic acids is 1. The largest absolute Gasteiger partial charge is 0.481 e. The summed E-state index contributed by atoms with van der Waals surface area (Å²) in [7, 11) is 0. The molecule has 1 saturated carbocycles. The Bertz CT molecular complexity index is 429. The average molecular weight is 267 g/mol. The first-order valence-electron chi connectivity index (χ1n) is 6.16. The van der Waals surface area contributed by atoms with Gasteiger partial charge in [0.1, 0.15) is 0 Å². The molecule has 98 valence electrons. The maximum atomic E-state index is 12.1. The van der Waals surface area contributed by atoms with Crippen molar-refractivity contribution in [3.05, 3.63) is 22.4 Å². The Balaban J connectivity index is 1.97. The lowest BCUT2D eigenvalue weighted by molar-refractivity contribution is -0.146. The predicted molar refractivity (Wildman–Crippen MR) is 69.3 cm³/mol. The standard InChI is InChI=1S/C13H17NO3S/c1-8(11-6-3-7-18-11)14-12(15)9-4-2-5-10(9)13(16)17/h3,6-10H,2,4-5H2,1H3,(H,14,15)(H,16,17)/t8-,9-,10+/m1/s1. The van der Waals surface area contributed by atoms with Gasteiger partial charge in [-0.3, -0.25) is 9.59 Å². The van der Waals surface area contributed by atoms with E-state index in [1.807, 2.05) is 24.4 Å². The van der Waals surface area contributed by atoms with Crippen molar-refractivity contribution in [2.75, 3.05) is 0 Å². The van der Waals surface area contributed by atoms with E-state index >= 15 is 0 Å². The Morgan fingerprint density at radius 1 is 1.44 bits per heavy atom. The van der Waals surface area contributed by atoms with Crippen LogP contribution in [-0.4, -0.2) is 17.0 Å². The third kappa shape index (κ3) is 2.72. The van der Waals surface area contributed by atoms with E-state index in [1.165, 1.54) is 0 Å². The van der Waals surface area contributed by atoms with Gasteiger partial charge in [-0.1, -0.05) is 12.5 Å². The van der Waals surface area contributed by atoms with Crippen molar-refractivity contribution in [2.24, 2.45) is 11.8 Å². The molecule has 0 radical (unpaired) electrons. The van der Waals surface area contributed by atoms with Gasteiger partial charge in [-0.15, -0.1) is 11.3 Å². The van der Waals surface area contributed by atoms with Crippen LogP contribution in [0.3, 0.4) is 0 Å². The van der Waals surface area contributed by atoms with Crippen molar-refractivity contribution in [1.29, 1.82) is 0 Å². The number of hydrogen-bond donors (Lipinski definition) is 2. The molecular weight excluding hydrogens is 250 g/mol. The van der Waals surface area contributed by atoms with Crippen LogP contribution in [0, 0.1) is 11.8 Å². The van der Waals surface area contributed by atoms with Crippen LogP contribution in [0.2, 0.25) is 0 Å². The molecule has 0 bridgehead atoms. The molecule has 1 aromatic heterocycles. The zero-order chi connectivity index (χ0) is 13.1. The summed E-state index contributed by atoms with van der Waals surface area (Å²) in [6, 6.07) is 3.87. The van der Waals surface area contributed by atoms with E-state index in [9.17, 15) is 9.59 Å². The van der Waals surface area contributed by atoms with Crippen LogP contribution >= 0.6 is 11.3 Å². The minimum absolute atomic E-state index is 0.0486. The molecule has 1 aromatic rings. The molecule has 1 amide bonds. The Labute approximate surface area is 110 Å². The fraction of sp³-hybridized carbons (Fsp3) is 0.538. The van der Waals surface area contributed by atoms with Crippen molar-refractivity contribution in [2.45, 2.75) is 32.2 Å². The van der Waals surface area contributed by atoms with Crippen molar-refractivity contribution < 1.29 is 14.7 Å². The molecule has 5 heteroatoms. The Kier molecular flexibility index (Phi) is 4.01. The summed E-state index contributed by atoms with van der Waals surface area (Å²) in [5.74, 6) is -1.86. The summed E-state index contributed by atoms with van der Waals surface area (Å²) in [5, 5.41) is 14.0. The molecule has 0 unspecified atom stereocenters. The van der Waals surface area contributed by atoms with Crippen LogP contribution in [-0.2, 0) is 9.59 Å². The number of carboxylic acids is 1. The van der Waals surface area contributed by atoms with Gasteiger partial charge in [0.15, 0.2) is 0 Å². The van der Waals surface area contributed by atoms with Gasteiger partial charge in [0.25, 0.3) is 0 Å². The molecule has 0 spiro atoms. The zero-order valence-corrected chi connectivity index (χ0v) is 11.1. The molecule has 0 aromatic carbocycles. The van der Waals surface area contributed by atoms with Crippen LogP contribution < -0.4 is 5.32 Å². The van der Waals surface area contributed by atoms with Crippen molar-refractivity contribution in [3.63, 3.8) is 0 Å². The van der Waals surface area contributed by atoms with Crippen LogP contribution in [0.5, 0.6) is 0 Å². The molecule has 1 aliphatic carbocycles. The smallest absolute Gasteiger partial charge is 0.307 e. The highest BCUT2D eigenvalue weighted by molar-refractivity contribution is 7.10. The summed E-state index contributed by atoms with van der Waals surface area (Å²) in [5.41, 5.74) is 0. The average Bonchev–Trinajstić information content (AvgIpc) is 3.00. The highest BCUT2D eigenvalue weighted by atomic mass is 32.1. The first-order valence-corrected chi connectivity index (χ1v) is 7.04. The minimum Gasteiger partial charge on any atom is -0.481 e. The first-order chi connectivity index (χ1) is 8.59. The van der Waals surface area contributed by atoms with Gasteiger partial charge >= 0.3 is 5.97 Å². The van der Waals surface area contributed by atoms with Crippen molar-refractivity contribution in [1.82, 2.24) is 5.32 Å². The highest BCUT2D eigenvalue weighted by Crippen LogP contribution is 2.32. The lowest BCUT2D eigenvalue weighted by Gasteiger charge is -2.19. The van der Waals surface area contributed by atoms with Crippen LogP contribution in [0.4, 0.5) is 0 Å². The summed E-state index contributed by atoms with van der Waals surface area (Å²) in [4.78, 5) is 24.2. The van der Waals surface area contributed by atoms with Crippen molar-refractivity contribution in [3.8, 4) is 0 Å². The monoisotopic (exact) mass is 267 g/mol. The van der Waals surface area contributed by atoms with Gasteiger partial charge in [0.05, 0.1) is 17.9 Å². The normalized spacial score (nSPS) is 24.7. The second kappa shape index (κ2) is 5.52. The summed E-state index contributed by atoms with van der Waals surface area (Å²) in [6.45, 7) is 1.93. The molecule has 1 aliphatic rings. The number of carbonyl (C=O) groups excluding carboxylic acids is 1. The summed E-state index contributed by atoms with van der Waals surface area (Å²) < 4.78 is 0. The van der Waals surface area contributed by atoms with E-state index < -0.39 is 11.9 Å². The molecule has 2 rings (SSSR count). The summed E-state index contributed by atoms with van der Waals surface area (Å²) >= 11 is 1.59. The number of amides is 1. The summed E-state index contributed by atoms with van der Waals surface area (Å²) in [6.07, 6.45) is 2.11. The van der Waals surface area contributed by atoms with Gasteiger partial charge in [0, 0.05) is 4.88 Å². The number of nitrogens with one attached hydrogen (secondary N) is 1. The van der Waals surface area contributed by atoms with E-state index in [4.69, 9.17) is 5.11 Å². The molecule has 0 saturated heterocycles. The number of carboxylic acid groups (broad SMARTS) is 1. The third-order valence-electron chi connectivity index (χ3n) is 3.50. The second-order valence-corrected chi connectivity index (χ2v) is 5.71. The molecule has 4 nitrogen and oxygen atoms in total. The predicted octanol–water partition coefficient (Wildman–Crippen LogP) is 2.43. The number of carbonyl (C=O) groups is 2.